The molecular formula is C28H25ClN4O3S. The van der Waals surface area contributed by atoms with Crippen LogP contribution in [0, 0.1) is 4.77 Å². The third-order valence-electron chi connectivity index (χ3n) is 6.69. The summed E-state index contributed by atoms with van der Waals surface area (Å²) in [6.07, 6.45) is 0. The molecule has 0 radical (unpaired) electrons. The zero-order valence-corrected chi connectivity index (χ0v) is 21.8. The maximum atomic E-state index is 13.2. The maximum absolute atomic E-state index is 13.2. The minimum Gasteiger partial charge on any atom is -0.368 e. The summed E-state index contributed by atoms with van der Waals surface area (Å²) < 4.78 is 1.80. The summed E-state index contributed by atoms with van der Waals surface area (Å²) in [5, 5.41) is 1.10. The first-order valence-corrected chi connectivity index (χ1v) is 12.8. The van der Waals surface area contributed by atoms with E-state index in [2.05, 4.69) is 9.88 Å². The number of rotatable bonds is 5. The molecule has 1 aliphatic heterocycles. The fourth-order valence-corrected chi connectivity index (χ4v) is 4.94. The molecule has 1 saturated heterocycles. The first-order valence-electron chi connectivity index (χ1n) is 12.0. The van der Waals surface area contributed by atoms with Crippen LogP contribution in [-0.4, -0.2) is 52.3 Å². The van der Waals surface area contributed by atoms with Crippen LogP contribution in [0.3, 0.4) is 0 Å². The van der Waals surface area contributed by atoms with Crippen molar-refractivity contribution in [3.8, 4) is 0 Å². The van der Waals surface area contributed by atoms with Crippen LogP contribution in [0.15, 0.2) is 71.5 Å². The Morgan fingerprint density at radius 2 is 1.57 bits per heavy atom. The first-order chi connectivity index (χ1) is 17.8. The number of carbonyl (C=O) groups is 2. The van der Waals surface area contributed by atoms with Gasteiger partial charge in [0.1, 0.15) is 0 Å². The normalized spacial score (nSPS) is 13.7. The minimum absolute atomic E-state index is 0.0400. The van der Waals surface area contributed by atoms with Crippen LogP contribution in [-0.2, 0) is 6.54 Å². The van der Waals surface area contributed by atoms with Gasteiger partial charge >= 0.3 is 0 Å². The van der Waals surface area contributed by atoms with Crippen molar-refractivity contribution in [2.24, 2.45) is 0 Å². The molecule has 1 aromatic heterocycles. The molecule has 1 N–H and O–H groups in total. The highest BCUT2D eigenvalue weighted by molar-refractivity contribution is 7.71. The van der Waals surface area contributed by atoms with Gasteiger partial charge in [-0.2, -0.15) is 0 Å². The Morgan fingerprint density at radius 1 is 0.919 bits per heavy atom. The van der Waals surface area contributed by atoms with E-state index in [4.69, 9.17) is 23.8 Å². The zero-order chi connectivity index (χ0) is 26.1. The largest absolute Gasteiger partial charge is 0.368 e. The number of ketones is 1. The number of nitrogens with one attached hydrogen (secondary N) is 1. The van der Waals surface area contributed by atoms with Crippen molar-refractivity contribution < 1.29 is 9.59 Å². The van der Waals surface area contributed by atoms with E-state index < -0.39 is 0 Å². The van der Waals surface area contributed by atoms with Gasteiger partial charge in [-0.1, -0.05) is 23.7 Å². The number of Topliss-reactive ketones (excluding diaryl/α,β-unsaturated/α-hetero) is 1. The quantitative estimate of drug-likeness (QED) is 0.291. The van der Waals surface area contributed by atoms with Crippen molar-refractivity contribution in [2.75, 3.05) is 31.1 Å². The molecule has 0 bridgehead atoms. The van der Waals surface area contributed by atoms with Crippen molar-refractivity contribution in [3.05, 3.63) is 104 Å². The molecule has 4 aromatic rings. The Balaban J connectivity index is 1.31. The zero-order valence-electron chi connectivity index (χ0n) is 20.2. The molecular weight excluding hydrogens is 508 g/mol. The number of anilines is 1. The number of nitrogens with zero attached hydrogens (tertiary/aromatic N) is 3. The lowest BCUT2D eigenvalue weighted by atomic mass is 10.1. The third-order valence-corrected chi connectivity index (χ3v) is 7.26. The highest BCUT2D eigenvalue weighted by Gasteiger charge is 2.23. The second kappa shape index (κ2) is 10.3. The van der Waals surface area contributed by atoms with Gasteiger partial charge in [0, 0.05) is 48.0 Å². The van der Waals surface area contributed by atoms with E-state index in [0.717, 1.165) is 11.3 Å². The summed E-state index contributed by atoms with van der Waals surface area (Å²) in [6, 6.07) is 19.9. The lowest BCUT2D eigenvalue weighted by molar-refractivity contribution is 0.0746. The number of piperazine rings is 1. The van der Waals surface area contributed by atoms with Gasteiger partial charge in [-0.25, -0.2) is 0 Å². The summed E-state index contributed by atoms with van der Waals surface area (Å²) in [7, 11) is 0. The number of hydrogen-bond acceptors (Lipinski definition) is 5. The molecule has 1 amide bonds. The summed E-state index contributed by atoms with van der Waals surface area (Å²) in [5.41, 5.74) is 3.46. The molecule has 0 saturated carbocycles. The molecule has 1 aliphatic rings. The number of fused-ring (bicyclic) bond motifs is 1. The predicted molar refractivity (Wildman–Crippen MR) is 149 cm³/mol. The fraction of sp³-hybridized carbons (Fsp3) is 0.214. The van der Waals surface area contributed by atoms with E-state index in [1.54, 1.807) is 37.3 Å². The number of aromatic nitrogens is 2. The highest BCUT2D eigenvalue weighted by atomic mass is 35.5. The molecule has 9 heteroatoms. The van der Waals surface area contributed by atoms with Gasteiger partial charge < -0.3 is 14.8 Å². The monoisotopic (exact) mass is 532 g/mol. The van der Waals surface area contributed by atoms with Crippen molar-refractivity contribution >= 4 is 52.1 Å². The van der Waals surface area contributed by atoms with Crippen molar-refractivity contribution in [1.82, 2.24) is 14.5 Å². The average Bonchev–Trinajstić information content (AvgIpc) is 2.91. The average molecular weight is 533 g/mol. The fourth-order valence-electron chi connectivity index (χ4n) is 4.56. The Morgan fingerprint density at radius 3 is 2.22 bits per heavy atom. The molecule has 188 valence electrons. The van der Waals surface area contributed by atoms with Gasteiger partial charge in [0.25, 0.3) is 11.5 Å². The number of hydrogen-bond donors (Lipinski definition) is 1. The second-order valence-corrected chi connectivity index (χ2v) is 9.91. The second-order valence-electron chi connectivity index (χ2n) is 9.09. The van der Waals surface area contributed by atoms with Gasteiger partial charge in [-0.05, 0) is 79.3 Å². The summed E-state index contributed by atoms with van der Waals surface area (Å²) in [4.78, 5) is 45.1. The molecule has 5 rings (SSSR count). The van der Waals surface area contributed by atoms with E-state index in [-0.39, 0.29) is 17.2 Å². The smallest absolute Gasteiger partial charge is 0.262 e. The van der Waals surface area contributed by atoms with Crippen molar-refractivity contribution in [1.29, 1.82) is 0 Å². The number of amides is 1. The van der Waals surface area contributed by atoms with E-state index >= 15 is 0 Å². The highest BCUT2D eigenvalue weighted by Crippen LogP contribution is 2.20. The van der Waals surface area contributed by atoms with E-state index in [1.165, 1.54) is 4.57 Å². The van der Waals surface area contributed by atoms with Gasteiger partial charge in [0.15, 0.2) is 10.6 Å². The predicted octanol–water partition coefficient (Wildman–Crippen LogP) is 4.93. The molecule has 0 spiro atoms. The maximum Gasteiger partial charge on any atom is 0.262 e. The first kappa shape index (κ1) is 24.9. The Labute approximate surface area is 223 Å². The number of aromatic amines is 1. The Hall–Kier alpha value is -3.75. The number of benzene rings is 3. The van der Waals surface area contributed by atoms with Crippen LogP contribution in [0.2, 0.25) is 5.02 Å². The molecule has 0 atom stereocenters. The van der Waals surface area contributed by atoms with Crippen LogP contribution in [0.5, 0.6) is 0 Å². The van der Waals surface area contributed by atoms with Crippen LogP contribution in [0.4, 0.5) is 5.69 Å². The summed E-state index contributed by atoms with van der Waals surface area (Å²) in [5.74, 6) is -0.0450. The topological polar surface area (TPSA) is 78.4 Å². The summed E-state index contributed by atoms with van der Waals surface area (Å²) >= 11 is 11.4. The number of H-pyrrole nitrogens is 1. The molecule has 1 fully saturated rings. The molecule has 3 aromatic carbocycles. The van der Waals surface area contributed by atoms with Crippen LogP contribution in [0.25, 0.3) is 10.9 Å². The van der Waals surface area contributed by atoms with E-state index in [0.29, 0.717) is 64.5 Å². The van der Waals surface area contributed by atoms with E-state index in [1.807, 2.05) is 41.3 Å². The molecule has 37 heavy (non-hydrogen) atoms. The van der Waals surface area contributed by atoms with E-state index in [9.17, 15) is 14.4 Å². The van der Waals surface area contributed by atoms with Crippen molar-refractivity contribution in [3.63, 3.8) is 0 Å². The SMILES string of the molecule is CC(=O)c1ccc(N2CCN(C(=O)c3ccc4c(=O)n(Cc5ccc(Cl)cc5)c(=S)[nH]c4c3)CC2)cc1. The Kier molecular flexibility index (Phi) is 6.95. The Bertz CT molecular complexity index is 1600. The minimum atomic E-state index is -0.211. The van der Waals surface area contributed by atoms with Gasteiger partial charge in [-0.15, -0.1) is 0 Å². The third kappa shape index (κ3) is 5.21. The number of halogens is 1. The standard InChI is InChI=1S/C28H25ClN4O3S/c1-18(34)20-4-9-23(10-5-20)31-12-14-32(15-13-31)26(35)21-6-11-24-25(16-21)30-28(37)33(27(24)36)17-19-2-7-22(29)8-3-19/h2-11,16H,12-15,17H2,1H3,(H,30,37). The molecule has 0 aliphatic carbocycles. The summed E-state index contributed by atoms with van der Waals surface area (Å²) in [6.45, 7) is 4.40. The molecule has 7 nitrogen and oxygen atoms in total. The van der Waals surface area contributed by atoms with Crippen LogP contribution in [0.1, 0.15) is 33.2 Å². The molecule has 0 unspecified atom stereocenters. The lowest BCUT2D eigenvalue weighted by Gasteiger charge is -2.36. The van der Waals surface area contributed by atoms with Gasteiger partial charge in [0.2, 0.25) is 0 Å². The molecule has 2 heterocycles. The van der Waals surface area contributed by atoms with Crippen molar-refractivity contribution in [2.45, 2.75) is 13.5 Å². The lowest BCUT2D eigenvalue weighted by Crippen LogP contribution is -2.48. The van der Waals surface area contributed by atoms with Gasteiger partial charge in [-0.3, -0.25) is 19.0 Å². The number of carbonyl (C=O) groups excluding carboxylic acids is 2. The van der Waals surface area contributed by atoms with Gasteiger partial charge in [0.05, 0.1) is 17.4 Å². The van der Waals surface area contributed by atoms with Crippen LogP contribution >= 0.6 is 23.8 Å². The van der Waals surface area contributed by atoms with Crippen LogP contribution < -0.4 is 10.5 Å².